The van der Waals surface area contributed by atoms with E-state index in [2.05, 4.69) is 10.6 Å². The molecule has 0 unspecified atom stereocenters. The average Bonchev–Trinajstić information content (AvgIpc) is 2.65. The Bertz CT molecular complexity index is 466. The molecule has 0 spiro atoms. The SMILES string of the molecule is COC(=O)c1scc(C)c1NC(=O)CC1CNC1. The molecule has 0 atom stereocenters. The summed E-state index contributed by atoms with van der Waals surface area (Å²) in [6.45, 7) is 3.64. The van der Waals surface area contributed by atoms with Crippen LogP contribution in [-0.2, 0) is 9.53 Å². The van der Waals surface area contributed by atoms with Gasteiger partial charge in [0.2, 0.25) is 5.91 Å². The van der Waals surface area contributed by atoms with Gasteiger partial charge in [0.25, 0.3) is 0 Å². The highest BCUT2D eigenvalue weighted by molar-refractivity contribution is 7.12. The van der Waals surface area contributed by atoms with Crippen LogP contribution in [0.2, 0.25) is 0 Å². The van der Waals surface area contributed by atoms with E-state index >= 15 is 0 Å². The van der Waals surface area contributed by atoms with Crippen LogP contribution in [0, 0.1) is 12.8 Å². The smallest absolute Gasteiger partial charge is 0.350 e. The van der Waals surface area contributed by atoms with Crippen LogP contribution in [0.1, 0.15) is 21.7 Å². The molecule has 0 bridgehead atoms. The number of carbonyl (C=O) groups is 2. The Labute approximate surface area is 110 Å². The van der Waals surface area contributed by atoms with Crippen LogP contribution in [0.3, 0.4) is 0 Å². The summed E-state index contributed by atoms with van der Waals surface area (Å²) in [6.07, 6.45) is 0.489. The molecule has 1 aliphatic rings. The molecule has 18 heavy (non-hydrogen) atoms. The van der Waals surface area contributed by atoms with Gasteiger partial charge in [-0.2, -0.15) is 0 Å². The topological polar surface area (TPSA) is 67.4 Å². The molecule has 0 aromatic carbocycles. The highest BCUT2D eigenvalue weighted by atomic mass is 32.1. The van der Waals surface area contributed by atoms with E-state index in [0.717, 1.165) is 18.7 Å². The summed E-state index contributed by atoms with van der Waals surface area (Å²) >= 11 is 1.29. The minimum atomic E-state index is -0.409. The van der Waals surface area contributed by atoms with Crippen LogP contribution in [0.4, 0.5) is 5.69 Å². The maximum absolute atomic E-state index is 11.8. The molecule has 98 valence electrons. The number of rotatable bonds is 4. The molecule has 6 heteroatoms. The van der Waals surface area contributed by atoms with Gasteiger partial charge in [-0.15, -0.1) is 11.3 Å². The zero-order valence-corrected chi connectivity index (χ0v) is 11.2. The van der Waals surface area contributed by atoms with Crippen LogP contribution in [0.15, 0.2) is 5.38 Å². The van der Waals surface area contributed by atoms with Crippen LogP contribution in [0.25, 0.3) is 0 Å². The van der Waals surface area contributed by atoms with E-state index in [4.69, 9.17) is 4.74 Å². The highest BCUT2D eigenvalue weighted by Crippen LogP contribution is 2.28. The van der Waals surface area contributed by atoms with E-state index < -0.39 is 5.97 Å². The third-order valence-corrected chi connectivity index (χ3v) is 4.03. The van der Waals surface area contributed by atoms with Crippen LogP contribution in [-0.4, -0.2) is 32.1 Å². The van der Waals surface area contributed by atoms with Crippen molar-refractivity contribution in [3.8, 4) is 0 Å². The number of hydrogen-bond acceptors (Lipinski definition) is 5. The number of thiophene rings is 1. The summed E-state index contributed by atoms with van der Waals surface area (Å²) in [7, 11) is 1.34. The molecule has 1 aromatic rings. The molecule has 2 N–H and O–H groups in total. The molecule has 1 aliphatic heterocycles. The number of ether oxygens (including phenoxy) is 1. The summed E-state index contributed by atoms with van der Waals surface area (Å²) in [5.74, 6) is -0.0487. The molecule has 1 amide bonds. The molecule has 1 saturated heterocycles. The Balaban J connectivity index is 2.05. The van der Waals surface area contributed by atoms with Crippen LogP contribution >= 0.6 is 11.3 Å². The van der Waals surface area contributed by atoms with Gasteiger partial charge in [0.05, 0.1) is 12.8 Å². The highest BCUT2D eigenvalue weighted by Gasteiger charge is 2.23. The first-order valence-corrected chi connectivity index (χ1v) is 6.66. The number of hydrogen-bond donors (Lipinski definition) is 2. The lowest BCUT2D eigenvalue weighted by Gasteiger charge is -2.26. The van der Waals surface area contributed by atoms with E-state index in [1.807, 2.05) is 12.3 Å². The van der Waals surface area contributed by atoms with E-state index in [1.165, 1.54) is 18.4 Å². The predicted octanol–water partition coefficient (Wildman–Crippen LogP) is 1.39. The fourth-order valence-electron chi connectivity index (χ4n) is 1.79. The number of amides is 1. The first kappa shape index (κ1) is 13.0. The third kappa shape index (κ3) is 2.70. The van der Waals surface area contributed by atoms with Crippen molar-refractivity contribution in [2.24, 2.45) is 5.92 Å². The van der Waals surface area contributed by atoms with E-state index in [9.17, 15) is 9.59 Å². The number of carbonyl (C=O) groups excluding carboxylic acids is 2. The Kier molecular flexibility index (Phi) is 3.98. The fourth-order valence-corrected chi connectivity index (χ4v) is 2.71. The van der Waals surface area contributed by atoms with Crippen molar-refractivity contribution >= 4 is 28.9 Å². The molecule has 1 fully saturated rings. The predicted molar refractivity (Wildman–Crippen MR) is 70.0 cm³/mol. The second-order valence-corrected chi connectivity index (χ2v) is 5.27. The lowest BCUT2D eigenvalue weighted by atomic mass is 9.99. The van der Waals surface area contributed by atoms with E-state index in [-0.39, 0.29) is 5.91 Å². The van der Waals surface area contributed by atoms with Crippen molar-refractivity contribution in [2.75, 3.05) is 25.5 Å². The largest absolute Gasteiger partial charge is 0.465 e. The van der Waals surface area contributed by atoms with Crippen molar-refractivity contribution in [3.63, 3.8) is 0 Å². The van der Waals surface area contributed by atoms with Gasteiger partial charge in [-0.1, -0.05) is 0 Å². The third-order valence-electron chi connectivity index (χ3n) is 2.95. The normalized spacial score (nSPS) is 15.0. The van der Waals surface area contributed by atoms with E-state index in [0.29, 0.717) is 22.9 Å². The number of methoxy groups -OCH3 is 1. The summed E-state index contributed by atoms with van der Waals surface area (Å²) in [5.41, 5.74) is 1.48. The van der Waals surface area contributed by atoms with Gasteiger partial charge in [0.1, 0.15) is 4.88 Å². The van der Waals surface area contributed by atoms with Gasteiger partial charge in [-0.25, -0.2) is 4.79 Å². The molecule has 5 nitrogen and oxygen atoms in total. The Hall–Kier alpha value is -1.40. The molecule has 2 rings (SSSR count). The van der Waals surface area contributed by atoms with Gasteiger partial charge in [-0.3, -0.25) is 4.79 Å². The monoisotopic (exact) mass is 268 g/mol. The Morgan fingerprint density at radius 2 is 2.28 bits per heavy atom. The van der Waals surface area contributed by atoms with Gasteiger partial charge >= 0.3 is 5.97 Å². The number of aryl methyl sites for hydroxylation is 1. The lowest BCUT2D eigenvalue weighted by Crippen LogP contribution is -2.43. The first-order valence-electron chi connectivity index (χ1n) is 5.78. The van der Waals surface area contributed by atoms with Crippen molar-refractivity contribution in [1.82, 2.24) is 5.32 Å². The zero-order chi connectivity index (χ0) is 13.1. The molecule has 2 heterocycles. The summed E-state index contributed by atoms with van der Waals surface area (Å²) in [4.78, 5) is 23.8. The van der Waals surface area contributed by atoms with Crippen LogP contribution < -0.4 is 10.6 Å². The lowest BCUT2D eigenvalue weighted by molar-refractivity contribution is -0.117. The maximum atomic E-state index is 11.8. The van der Waals surface area contributed by atoms with Gasteiger partial charge in [0, 0.05) is 6.42 Å². The average molecular weight is 268 g/mol. The van der Waals surface area contributed by atoms with Gasteiger partial charge in [-0.05, 0) is 36.9 Å². The number of nitrogens with one attached hydrogen (secondary N) is 2. The molecule has 0 aliphatic carbocycles. The number of anilines is 1. The summed E-state index contributed by atoms with van der Waals surface area (Å²) in [6, 6.07) is 0. The zero-order valence-electron chi connectivity index (χ0n) is 10.4. The molecule has 0 radical (unpaired) electrons. The Morgan fingerprint density at radius 3 is 2.83 bits per heavy atom. The molecular formula is C12H16N2O3S. The summed E-state index contributed by atoms with van der Waals surface area (Å²) in [5, 5.41) is 7.78. The van der Waals surface area contributed by atoms with Gasteiger partial charge in [0.15, 0.2) is 0 Å². The molecular weight excluding hydrogens is 252 g/mol. The van der Waals surface area contributed by atoms with Crippen LogP contribution in [0.5, 0.6) is 0 Å². The van der Waals surface area contributed by atoms with Gasteiger partial charge < -0.3 is 15.4 Å². The quantitative estimate of drug-likeness (QED) is 0.810. The standard InChI is InChI=1S/C12H16N2O3S/c1-7-6-18-11(12(16)17-2)10(7)14-9(15)3-8-4-13-5-8/h6,8,13H,3-5H2,1-2H3,(H,14,15). The second-order valence-electron chi connectivity index (χ2n) is 4.39. The second kappa shape index (κ2) is 5.49. The first-order chi connectivity index (χ1) is 8.61. The minimum Gasteiger partial charge on any atom is -0.465 e. The van der Waals surface area contributed by atoms with Crippen molar-refractivity contribution in [2.45, 2.75) is 13.3 Å². The minimum absolute atomic E-state index is 0.0480. The molecule has 1 aromatic heterocycles. The number of esters is 1. The van der Waals surface area contributed by atoms with Crippen molar-refractivity contribution in [1.29, 1.82) is 0 Å². The Morgan fingerprint density at radius 1 is 1.56 bits per heavy atom. The molecule has 0 saturated carbocycles. The van der Waals surface area contributed by atoms with E-state index in [1.54, 1.807) is 0 Å². The maximum Gasteiger partial charge on any atom is 0.350 e. The van der Waals surface area contributed by atoms with Crippen molar-refractivity contribution < 1.29 is 14.3 Å². The fraction of sp³-hybridized carbons (Fsp3) is 0.500. The van der Waals surface area contributed by atoms with Crippen molar-refractivity contribution in [3.05, 3.63) is 15.8 Å². The summed E-state index contributed by atoms with van der Waals surface area (Å²) < 4.78 is 4.70.